The third-order valence-electron chi connectivity index (χ3n) is 2.92. The van der Waals surface area contributed by atoms with Crippen LogP contribution in [0.3, 0.4) is 0 Å². The molecule has 0 saturated carbocycles. The highest BCUT2D eigenvalue weighted by atomic mass is 32.1. The van der Waals surface area contributed by atoms with Crippen molar-refractivity contribution < 1.29 is 0 Å². The largest absolute Gasteiger partial charge is 0.393 e. The quantitative estimate of drug-likeness (QED) is 0.859. The van der Waals surface area contributed by atoms with Crippen LogP contribution in [-0.4, -0.2) is 14.8 Å². The maximum absolute atomic E-state index is 5.72. The molecular weight excluding hydrogens is 242 g/mol. The van der Waals surface area contributed by atoms with Crippen LogP contribution in [0.2, 0.25) is 0 Å². The summed E-state index contributed by atoms with van der Waals surface area (Å²) in [5.41, 5.74) is 9.03. The molecule has 2 N–H and O–H groups in total. The molecule has 0 fully saturated rings. The first-order valence-electron chi connectivity index (χ1n) is 5.94. The molecule has 3 nitrogen and oxygen atoms in total. The van der Waals surface area contributed by atoms with Crippen molar-refractivity contribution in [1.29, 1.82) is 0 Å². The van der Waals surface area contributed by atoms with E-state index < -0.39 is 0 Å². The van der Waals surface area contributed by atoms with Crippen molar-refractivity contribution in [2.24, 2.45) is 5.73 Å². The summed E-state index contributed by atoms with van der Waals surface area (Å²) in [6.45, 7) is 4.04. The molecule has 1 heterocycles. The van der Waals surface area contributed by atoms with E-state index in [9.17, 15) is 0 Å². The van der Waals surface area contributed by atoms with Gasteiger partial charge in [-0.2, -0.15) is 5.10 Å². The van der Waals surface area contributed by atoms with E-state index in [0.717, 1.165) is 11.4 Å². The van der Waals surface area contributed by atoms with Gasteiger partial charge in [-0.3, -0.25) is 4.68 Å². The second-order valence-electron chi connectivity index (χ2n) is 4.47. The van der Waals surface area contributed by atoms with Crippen LogP contribution in [0.15, 0.2) is 36.4 Å². The smallest absolute Gasteiger partial charge is 0.0834 e. The number of nitrogens with zero attached hydrogens (tertiary/aromatic N) is 2. The Kier molecular flexibility index (Phi) is 3.77. The normalized spacial score (nSPS) is 12.3. The lowest BCUT2D eigenvalue weighted by molar-refractivity contribution is 0.523. The summed E-state index contributed by atoms with van der Waals surface area (Å²) >= 11 is 5.06. The van der Waals surface area contributed by atoms with E-state index in [2.05, 4.69) is 30.2 Å². The van der Waals surface area contributed by atoms with Crippen LogP contribution in [0.4, 0.5) is 0 Å². The van der Waals surface area contributed by atoms with E-state index in [0.29, 0.717) is 11.4 Å². The molecule has 0 aliphatic carbocycles. The molecule has 0 amide bonds. The summed E-state index contributed by atoms with van der Waals surface area (Å²) in [6.07, 6.45) is 0.626. The average Bonchev–Trinajstić information content (AvgIpc) is 2.66. The Morgan fingerprint density at radius 1 is 1.33 bits per heavy atom. The van der Waals surface area contributed by atoms with Gasteiger partial charge in [0.2, 0.25) is 0 Å². The third kappa shape index (κ3) is 2.76. The van der Waals surface area contributed by atoms with Gasteiger partial charge in [-0.1, -0.05) is 42.5 Å². The lowest BCUT2D eigenvalue weighted by atomic mass is 10.0. The molecule has 0 spiro atoms. The topological polar surface area (TPSA) is 43.8 Å². The molecule has 94 valence electrons. The Morgan fingerprint density at radius 3 is 2.50 bits per heavy atom. The molecule has 2 rings (SSSR count). The summed E-state index contributed by atoms with van der Waals surface area (Å²) in [4.78, 5) is 0.511. The first-order chi connectivity index (χ1) is 8.58. The second-order valence-corrected chi connectivity index (χ2v) is 4.99. The second kappa shape index (κ2) is 5.31. The summed E-state index contributed by atoms with van der Waals surface area (Å²) in [7, 11) is 0. The van der Waals surface area contributed by atoms with Crippen LogP contribution in [0.5, 0.6) is 0 Å². The van der Waals surface area contributed by atoms with Crippen molar-refractivity contribution in [1.82, 2.24) is 9.78 Å². The van der Waals surface area contributed by atoms with Crippen molar-refractivity contribution in [3.05, 3.63) is 53.3 Å². The van der Waals surface area contributed by atoms with Crippen molar-refractivity contribution in [3.8, 4) is 0 Å². The highest BCUT2D eigenvalue weighted by Crippen LogP contribution is 2.23. The molecule has 2 aromatic rings. The molecule has 4 heteroatoms. The molecule has 18 heavy (non-hydrogen) atoms. The van der Waals surface area contributed by atoms with E-state index >= 15 is 0 Å². The predicted molar refractivity (Wildman–Crippen MR) is 77.7 cm³/mol. The van der Waals surface area contributed by atoms with E-state index in [1.807, 2.05) is 29.8 Å². The van der Waals surface area contributed by atoms with Crippen LogP contribution < -0.4 is 5.73 Å². The summed E-state index contributed by atoms with van der Waals surface area (Å²) in [5, 5.41) is 4.54. The van der Waals surface area contributed by atoms with E-state index in [4.69, 9.17) is 18.0 Å². The zero-order chi connectivity index (χ0) is 13.1. The summed E-state index contributed by atoms with van der Waals surface area (Å²) < 4.78 is 2.00. The van der Waals surface area contributed by atoms with Crippen molar-refractivity contribution in [2.45, 2.75) is 26.3 Å². The maximum Gasteiger partial charge on any atom is 0.0834 e. The molecule has 1 atom stereocenters. The minimum Gasteiger partial charge on any atom is -0.393 e. The van der Waals surface area contributed by atoms with Crippen molar-refractivity contribution in [3.63, 3.8) is 0 Å². The number of benzene rings is 1. The molecule has 1 aromatic carbocycles. The highest BCUT2D eigenvalue weighted by molar-refractivity contribution is 7.80. The van der Waals surface area contributed by atoms with Gasteiger partial charge in [0.15, 0.2) is 0 Å². The number of hydrogen-bond acceptors (Lipinski definition) is 2. The lowest BCUT2D eigenvalue weighted by Gasteiger charge is -2.19. The molecule has 0 saturated heterocycles. The van der Waals surface area contributed by atoms with Crippen molar-refractivity contribution >= 4 is 17.2 Å². The standard InChI is InChI=1S/C14H17N3S/c1-10-8-11(2)17(16-10)13(9-14(15)18)12-6-4-3-5-7-12/h3-8,13H,9H2,1-2H3,(H2,15,18). The van der Waals surface area contributed by atoms with E-state index in [-0.39, 0.29) is 6.04 Å². The number of thiocarbonyl (C=S) groups is 1. The first-order valence-corrected chi connectivity index (χ1v) is 6.34. The van der Waals surface area contributed by atoms with Crippen LogP contribution in [0.25, 0.3) is 0 Å². The van der Waals surface area contributed by atoms with Gasteiger partial charge in [0.25, 0.3) is 0 Å². The number of aryl methyl sites for hydroxylation is 2. The number of nitrogens with two attached hydrogens (primary N) is 1. The Morgan fingerprint density at radius 2 is 2.00 bits per heavy atom. The van der Waals surface area contributed by atoms with Gasteiger partial charge in [-0.05, 0) is 25.5 Å². The minimum absolute atomic E-state index is 0.0809. The van der Waals surface area contributed by atoms with Gasteiger partial charge in [0, 0.05) is 12.1 Å². The molecule has 1 unspecified atom stereocenters. The Balaban J connectivity index is 2.43. The van der Waals surface area contributed by atoms with E-state index in [1.165, 1.54) is 5.56 Å². The Hall–Kier alpha value is -1.68. The first kappa shape index (κ1) is 12.8. The Bertz CT molecular complexity index is 545. The number of aromatic nitrogens is 2. The fourth-order valence-corrected chi connectivity index (χ4v) is 2.33. The maximum atomic E-state index is 5.72. The van der Waals surface area contributed by atoms with E-state index in [1.54, 1.807) is 0 Å². The average molecular weight is 259 g/mol. The Labute approximate surface area is 113 Å². The molecule has 0 bridgehead atoms. The minimum atomic E-state index is 0.0809. The summed E-state index contributed by atoms with van der Waals surface area (Å²) in [6, 6.07) is 12.4. The zero-order valence-electron chi connectivity index (χ0n) is 10.6. The van der Waals surface area contributed by atoms with Gasteiger partial charge in [-0.25, -0.2) is 0 Å². The summed E-state index contributed by atoms with van der Waals surface area (Å²) in [5.74, 6) is 0. The van der Waals surface area contributed by atoms with Gasteiger partial charge >= 0.3 is 0 Å². The fraction of sp³-hybridized carbons (Fsp3) is 0.286. The van der Waals surface area contributed by atoms with Crippen LogP contribution in [0, 0.1) is 13.8 Å². The molecule has 0 aliphatic heterocycles. The SMILES string of the molecule is Cc1cc(C)n(C(CC(N)=S)c2ccccc2)n1. The van der Waals surface area contributed by atoms with Crippen LogP contribution in [-0.2, 0) is 0 Å². The molecule has 1 aromatic heterocycles. The van der Waals surface area contributed by atoms with Gasteiger partial charge < -0.3 is 5.73 Å². The predicted octanol–water partition coefficient (Wildman–Crippen LogP) is 2.77. The monoisotopic (exact) mass is 259 g/mol. The van der Waals surface area contributed by atoms with Gasteiger partial charge in [0.1, 0.15) is 0 Å². The van der Waals surface area contributed by atoms with Gasteiger partial charge in [0.05, 0.1) is 16.7 Å². The van der Waals surface area contributed by atoms with Crippen LogP contribution in [0.1, 0.15) is 29.4 Å². The third-order valence-corrected chi connectivity index (χ3v) is 3.09. The van der Waals surface area contributed by atoms with Gasteiger partial charge in [-0.15, -0.1) is 0 Å². The van der Waals surface area contributed by atoms with Crippen LogP contribution >= 0.6 is 12.2 Å². The number of rotatable bonds is 4. The van der Waals surface area contributed by atoms with Crippen molar-refractivity contribution in [2.75, 3.05) is 0 Å². The molecule has 0 radical (unpaired) electrons. The lowest BCUT2D eigenvalue weighted by Crippen LogP contribution is -2.20. The molecule has 0 aliphatic rings. The fourth-order valence-electron chi connectivity index (χ4n) is 2.17. The number of hydrogen-bond donors (Lipinski definition) is 1. The zero-order valence-corrected chi connectivity index (χ0v) is 11.4. The highest BCUT2D eigenvalue weighted by Gasteiger charge is 2.17. The molecular formula is C14H17N3S.